The molecule has 0 unspecified atom stereocenters. The molecule has 12 heterocycles. The second-order valence-electron chi connectivity index (χ2n) is 34.0. The highest BCUT2D eigenvalue weighted by molar-refractivity contribution is 6.14. The lowest BCUT2D eigenvalue weighted by Crippen LogP contribution is -2.54. The van der Waals surface area contributed by atoms with E-state index >= 15 is 0 Å². The van der Waals surface area contributed by atoms with Crippen molar-refractivity contribution in [2.45, 2.75) is 54.9 Å². The molecule has 139 heavy (non-hydrogen) atoms. The van der Waals surface area contributed by atoms with Gasteiger partial charge in [-0.2, -0.15) is 15.3 Å². The first-order valence-electron chi connectivity index (χ1n) is 43.3. The smallest absolute Gasteiger partial charge is 0.323 e. The van der Waals surface area contributed by atoms with Crippen molar-refractivity contribution in [1.29, 1.82) is 0 Å². The van der Waals surface area contributed by atoms with Crippen LogP contribution in [-0.2, 0) is 66.0 Å². The summed E-state index contributed by atoms with van der Waals surface area (Å²) in [6.45, 7) is 2.75. The molecule has 0 radical (unpaired) electrons. The molecule has 0 aliphatic carbocycles. The van der Waals surface area contributed by atoms with Crippen LogP contribution in [0.25, 0.3) is 33.1 Å². The Morgan fingerprint density at radius 1 is 0.388 bits per heavy atom. The molecule has 4 saturated heterocycles. The zero-order valence-electron chi connectivity index (χ0n) is 76.2. The number of ether oxygens (including phenoxy) is 4. The van der Waals surface area contributed by atoms with Gasteiger partial charge in [0.2, 0.25) is 22.2 Å². The molecular weight excluding hydrogens is 1780 g/mol. The standard InChI is InChI=1S/C26H27N7O4.C25H22N6O4.C25H21N5O4.C23H20N6O4/c1-31(2)10-11-33-21-7-4-16(12-20(21)22(27)30-33)8-9-26(24(35)28-25(36)29-26)15-32-14-17-5-6-18(37-3)13-19(17)23(32)34;1-30-21(26)12-20(29-30)16-5-3-15(4-6-16)9-10-25(23(33)27-24(34)28-25)14-31-13-17-7-8-18(35-2)11-19(17)22(31)32;1-34-19-7-6-17-13-30(22(31)20(17)11-19)14-25(23(32)28-24(33)29-25)9-8-15-2-4-16(5-3-15)21-10-18(26)12-27-21;1-28-18-6-3-13(9-17(18)19(24)27-28)7-8-23(21(31)25-22(32)26-23)12-29-11-14-4-5-15(33-2)10-16(14)20(29)30/h4-7,12-13H,10-11,14-15H2,1-3H3,(H2,27,30)(H2,28,29,35,36);3-8,11-12H,13-14,26H2,1-2H3,(H2,27,28,33,34);2-7,10-11H,12-14,26H2,1H3,(H2,28,29,32,33);3-6,9-10H,11-12H2,1-2H3,(H2,24,27)(H2,25,26,31,32)/t26-;2*25-;23-/m1111/s1. The highest BCUT2D eigenvalue weighted by atomic mass is 16.5. The van der Waals surface area contributed by atoms with E-state index in [9.17, 15) is 57.5 Å². The van der Waals surface area contributed by atoms with Gasteiger partial charge in [-0.1, -0.05) is 95.9 Å². The lowest BCUT2D eigenvalue weighted by Gasteiger charge is -2.26. The second kappa shape index (κ2) is 37.2. The van der Waals surface area contributed by atoms with Crippen molar-refractivity contribution >= 4 is 116 Å². The van der Waals surface area contributed by atoms with E-state index in [2.05, 4.69) is 115 Å². The minimum Gasteiger partial charge on any atom is -0.497 e. The number of likely N-dealkylation sites (N-methyl/N-ethyl adjacent to an activating group) is 1. The first-order chi connectivity index (χ1) is 66.6. The topological polar surface area (TPSA) is 524 Å². The number of hydrogen-bond acceptors (Lipinski definition) is 25. The van der Waals surface area contributed by atoms with Crippen molar-refractivity contribution < 1.29 is 76.5 Å². The van der Waals surface area contributed by atoms with Crippen molar-refractivity contribution in [1.82, 2.24) is 96.4 Å². The van der Waals surface area contributed by atoms with Gasteiger partial charge in [-0.15, -0.1) is 0 Å². The molecule has 0 bridgehead atoms. The fourth-order valence-electron chi connectivity index (χ4n) is 17.0. The Labute approximate surface area is 793 Å². The molecule has 9 aliphatic rings. The maximum absolute atomic E-state index is 13.1. The first kappa shape index (κ1) is 92.4. The Hall–Kier alpha value is -18.4. The summed E-state index contributed by atoms with van der Waals surface area (Å²) < 4.78 is 26.0. The Kier molecular flexibility index (Phi) is 24.7. The average Bonchev–Trinajstić information content (AvgIpc) is 1.62. The molecule has 40 heteroatoms. The fourth-order valence-corrected chi connectivity index (χ4v) is 17.0. The van der Waals surface area contributed by atoms with Gasteiger partial charge >= 0.3 is 24.1 Å². The maximum atomic E-state index is 13.1. The van der Waals surface area contributed by atoms with E-state index in [-0.39, 0.29) is 49.8 Å². The van der Waals surface area contributed by atoms with Crippen LogP contribution in [0.15, 0.2) is 181 Å². The number of rotatable bonds is 17. The number of amides is 16. The van der Waals surface area contributed by atoms with Gasteiger partial charge in [0.15, 0.2) is 11.6 Å². The number of benzene rings is 8. The highest BCUT2D eigenvalue weighted by Crippen LogP contribution is 2.36. The number of nitrogens with zero attached hydrogens (tertiary/aromatic N) is 12. The number of methoxy groups -OCH3 is 4. The maximum Gasteiger partial charge on any atom is 0.323 e. The molecule has 40 nitrogen and oxygen atoms in total. The molecule has 8 aromatic carbocycles. The number of nitrogen functional groups attached to an aromatic ring is 3. The number of aryl methyl sites for hydroxylation is 2. The third-order valence-electron chi connectivity index (χ3n) is 24.4. The number of aliphatic imine (C=N–C) groups is 1. The monoisotopic (exact) mass is 1870 g/mol. The van der Waals surface area contributed by atoms with Crippen LogP contribution in [-0.4, -0.2) is 235 Å². The van der Waals surface area contributed by atoms with Crippen LogP contribution >= 0.6 is 0 Å². The number of hydrogen-bond donors (Lipinski definition) is 12. The molecule has 0 spiro atoms. The van der Waals surface area contributed by atoms with Gasteiger partial charge in [0, 0.05) is 119 Å². The van der Waals surface area contributed by atoms with Crippen LogP contribution in [0.3, 0.4) is 0 Å². The average molecular weight is 1870 g/mol. The van der Waals surface area contributed by atoms with Crippen molar-refractivity contribution in [2.75, 3.05) is 99.0 Å². The lowest BCUT2D eigenvalue weighted by molar-refractivity contribution is -0.123. The summed E-state index contributed by atoms with van der Waals surface area (Å²) in [5, 5.41) is 33.9. The summed E-state index contributed by atoms with van der Waals surface area (Å²) in [7, 11) is 13.6. The third kappa shape index (κ3) is 18.7. The van der Waals surface area contributed by atoms with E-state index in [1.165, 1.54) is 48.0 Å². The van der Waals surface area contributed by atoms with Crippen LogP contribution in [0.1, 0.15) is 91.5 Å². The van der Waals surface area contributed by atoms with Crippen molar-refractivity contribution in [2.24, 2.45) is 24.8 Å². The quantitative estimate of drug-likeness (QED) is 0.0456. The SMILES string of the molecule is COc1ccc2c(c1)C(=O)N(C[C@@]1(C#Cc3ccc(-c4cc(N)n(C)n4)cc3)NC(=O)NC1=O)C2.COc1ccc2c(c1)C(=O)N(C[C@@]1(C#Cc3ccc(C4=NCC(N)=C4)cc3)NC(=O)NC1=O)C2.COc1ccc2c(c1)C(=O)N(C[C@@]1(C#Cc3ccc4c(c3)c(N)nn4C)NC(=O)NC1=O)C2.COc1ccc2c(c1)C(=O)N(C[C@@]1(C#Cc3ccc4c(c3)c(N)nn4CCN(C)C)NC(=O)NC1=O)C2. The zero-order valence-corrected chi connectivity index (χ0v) is 76.2. The van der Waals surface area contributed by atoms with Gasteiger partial charge in [0.05, 0.1) is 90.1 Å². The molecule has 20 rings (SSSR count). The molecule has 0 saturated carbocycles. The molecule has 16 N–H and O–H groups in total. The summed E-state index contributed by atoms with van der Waals surface area (Å²) in [4.78, 5) is 164. The molecule has 9 aliphatic heterocycles. The van der Waals surface area contributed by atoms with Crippen LogP contribution in [0.5, 0.6) is 23.0 Å². The predicted molar refractivity (Wildman–Crippen MR) is 507 cm³/mol. The van der Waals surface area contributed by atoms with Crippen LogP contribution in [0, 0.1) is 47.4 Å². The largest absolute Gasteiger partial charge is 0.497 e. The summed E-state index contributed by atoms with van der Waals surface area (Å²) in [5.74, 6) is 23.7. The van der Waals surface area contributed by atoms with E-state index in [0.29, 0.717) is 130 Å². The van der Waals surface area contributed by atoms with Gasteiger partial charge in [-0.25, -0.2) is 19.2 Å². The molecule has 4 atom stereocenters. The number of fused-ring (bicyclic) bond motifs is 6. The number of aromatic nitrogens is 6. The Morgan fingerprint density at radius 2 is 0.727 bits per heavy atom. The first-order valence-corrected chi connectivity index (χ1v) is 43.3. The number of nitrogens with two attached hydrogens (primary N) is 4. The fraction of sp³-hybridized carbons (Fsp3) is 0.232. The van der Waals surface area contributed by atoms with Gasteiger partial charge in [-0.3, -0.25) is 78.7 Å². The normalized spacial score (nSPS) is 19.3. The molecule has 16 amide bonds. The molecule has 11 aromatic rings. The molecule has 4 fully saturated rings. The highest BCUT2D eigenvalue weighted by Gasteiger charge is 2.53. The second-order valence-corrected chi connectivity index (χ2v) is 34.0. The van der Waals surface area contributed by atoms with Crippen molar-refractivity contribution in [3.8, 4) is 81.6 Å². The Morgan fingerprint density at radius 3 is 1.05 bits per heavy atom. The van der Waals surface area contributed by atoms with Gasteiger partial charge < -0.3 is 87.6 Å². The Bertz CT molecular complexity index is 7420. The number of carbonyl (C=O) groups excluding carboxylic acids is 12. The number of nitrogens with one attached hydrogen (secondary N) is 8. The number of urea groups is 4. The van der Waals surface area contributed by atoms with Crippen LogP contribution < -0.4 is 84.4 Å². The van der Waals surface area contributed by atoms with Gasteiger partial charge in [-0.05, 0) is 157 Å². The summed E-state index contributed by atoms with van der Waals surface area (Å²) >= 11 is 0. The van der Waals surface area contributed by atoms with E-state index in [0.717, 1.165) is 73.1 Å². The minimum absolute atomic E-state index is 0.0909. The van der Waals surface area contributed by atoms with E-state index < -0.39 is 69.9 Å². The van der Waals surface area contributed by atoms with Crippen LogP contribution in [0.4, 0.5) is 36.6 Å². The van der Waals surface area contributed by atoms with E-state index in [4.69, 9.17) is 41.9 Å². The molecule has 702 valence electrons. The predicted octanol–water partition coefficient (Wildman–Crippen LogP) is 3.71. The minimum atomic E-state index is -1.60. The number of allylic oxidation sites excluding steroid dienone is 1. The van der Waals surface area contributed by atoms with Gasteiger partial charge in [0.1, 0.15) is 28.8 Å². The van der Waals surface area contributed by atoms with Crippen LogP contribution in [0.2, 0.25) is 0 Å². The molecule has 3 aromatic heterocycles. The lowest BCUT2D eigenvalue weighted by atomic mass is 9.98. The third-order valence-corrected chi connectivity index (χ3v) is 24.4. The molecular formula is C99H90N24O16. The van der Waals surface area contributed by atoms with E-state index in [1.54, 1.807) is 114 Å². The number of carbonyl (C=O) groups is 12. The summed E-state index contributed by atoms with van der Waals surface area (Å²) in [5.41, 5.74) is 30.9. The van der Waals surface area contributed by atoms with Crippen molar-refractivity contribution in [3.63, 3.8) is 0 Å². The zero-order chi connectivity index (χ0) is 98.3. The number of anilines is 3. The Balaban J connectivity index is 0.000000128. The van der Waals surface area contributed by atoms with Crippen molar-refractivity contribution in [3.05, 3.63) is 248 Å². The van der Waals surface area contributed by atoms with E-state index in [1.807, 2.05) is 97.6 Å². The summed E-state index contributed by atoms with van der Waals surface area (Å²) in [6, 6.07) is 45.7. The summed E-state index contributed by atoms with van der Waals surface area (Å²) in [6.07, 6.45) is 1.83. The van der Waals surface area contributed by atoms with Gasteiger partial charge in [0.25, 0.3) is 47.3 Å². The number of imide groups is 4.